The second-order valence-corrected chi connectivity index (χ2v) is 5.53. The summed E-state index contributed by atoms with van der Waals surface area (Å²) >= 11 is 0. The van der Waals surface area contributed by atoms with Crippen LogP contribution in [0.15, 0.2) is 24.3 Å². The van der Waals surface area contributed by atoms with Crippen LogP contribution in [0.4, 0.5) is 17.6 Å². The molecule has 0 bridgehead atoms. The summed E-state index contributed by atoms with van der Waals surface area (Å²) in [5.74, 6) is 1.53. The first-order valence-electron chi connectivity index (χ1n) is 7.35. The molecule has 0 aliphatic carbocycles. The number of aromatic nitrogens is 3. The molecule has 0 atom stereocenters. The van der Waals surface area contributed by atoms with Crippen LogP contribution in [0.2, 0.25) is 0 Å². The van der Waals surface area contributed by atoms with Crippen LogP contribution in [0.5, 0.6) is 0 Å². The van der Waals surface area contributed by atoms with Crippen molar-refractivity contribution in [3.8, 4) is 0 Å². The predicted molar refractivity (Wildman–Crippen MR) is 87.8 cm³/mol. The SMILES string of the molecule is CN(C)c1nc(N)nc(CN2CCNCc3ccccc32)n1. The molecule has 0 unspecified atom stereocenters. The van der Waals surface area contributed by atoms with Crippen molar-refractivity contribution in [3.05, 3.63) is 35.7 Å². The second kappa shape index (κ2) is 6.15. The van der Waals surface area contributed by atoms with Gasteiger partial charge in [-0.15, -0.1) is 0 Å². The fourth-order valence-corrected chi connectivity index (χ4v) is 2.56. The molecule has 116 valence electrons. The summed E-state index contributed by atoms with van der Waals surface area (Å²) in [7, 11) is 3.79. The van der Waals surface area contributed by atoms with E-state index in [0.717, 1.165) is 19.6 Å². The summed E-state index contributed by atoms with van der Waals surface area (Å²) in [6.45, 7) is 3.33. The van der Waals surface area contributed by atoms with E-state index >= 15 is 0 Å². The maximum absolute atomic E-state index is 5.81. The van der Waals surface area contributed by atoms with E-state index in [1.165, 1.54) is 11.3 Å². The molecule has 0 amide bonds. The van der Waals surface area contributed by atoms with E-state index < -0.39 is 0 Å². The molecule has 0 saturated carbocycles. The van der Waals surface area contributed by atoms with Crippen LogP contribution >= 0.6 is 0 Å². The standard InChI is InChI=1S/C15H21N7/c1-21(2)15-19-13(18-14(16)20-15)10-22-8-7-17-9-11-5-3-4-6-12(11)22/h3-6,17H,7-10H2,1-2H3,(H2,16,18,19,20). The predicted octanol–water partition coefficient (Wildman–Crippen LogP) is 0.630. The first-order chi connectivity index (χ1) is 10.6. The number of anilines is 3. The van der Waals surface area contributed by atoms with E-state index in [9.17, 15) is 0 Å². The van der Waals surface area contributed by atoms with Gasteiger partial charge in [0, 0.05) is 39.4 Å². The fraction of sp³-hybridized carbons (Fsp3) is 0.400. The normalized spacial score (nSPS) is 14.4. The molecule has 7 nitrogen and oxygen atoms in total. The molecule has 22 heavy (non-hydrogen) atoms. The zero-order valence-corrected chi connectivity index (χ0v) is 13.0. The average Bonchev–Trinajstić information content (AvgIpc) is 2.69. The van der Waals surface area contributed by atoms with Crippen molar-refractivity contribution < 1.29 is 0 Å². The lowest BCUT2D eigenvalue weighted by atomic mass is 10.1. The lowest BCUT2D eigenvalue weighted by Gasteiger charge is -2.24. The van der Waals surface area contributed by atoms with Gasteiger partial charge in [0.05, 0.1) is 6.54 Å². The van der Waals surface area contributed by atoms with Crippen LogP contribution < -0.4 is 20.9 Å². The van der Waals surface area contributed by atoms with Gasteiger partial charge < -0.3 is 20.9 Å². The van der Waals surface area contributed by atoms with Crippen molar-refractivity contribution in [2.24, 2.45) is 0 Å². The Morgan fingerprint density at radius 2 is 2.05 bits per heavy atom. The van der Waals surface area contributed by atoms with Crippen molar-refractivity contribution in [3.63, 3.8) is 0 Å². The van der Waals surface area contributed by atoms with Gasteiger partial charge in [-0.25, -0.2) is 0 Å². The largest absolute Gasteiger partial charge is 0.368 e. The Bertz CT molecular complexity index is 656. The Labute approximate surface area is 130 Å². The van der Waals surface area contributed by atoms with Gasteiger partial charge in [0.15, 0.2) is 5.82 Å². The van der Waals surface area contributed by atoms with Crippen LogP contribution in [-0.4, -0.2) is 42.1 Å². The fourth-order valence-electron chi connectivity index (χ4n) is 2.56. The second-order valence-electron chi connectivity index (χ2n) is 5.53. The molecule has 0 spiro atoms. The third kappa shape index (κ3) is 3.09. The van der Waals surface area contributed by atoms with Crippen molar-refractivity contribution in [1.29, 1.82) is 0 Å². The molecular weight excluding hydrogens is 278 g/mol. The first kappa shape index (κ1) is 14.5. The minimum Gasteiger partial charge on any atom is -0.368 e. The van der Waals surface area contributed by atoms with Crippen LogP contribution in [-0.2, 0) is 13.1 Å². The van der Waals surface area contributed by atoms with Gasteiger partial charge in [-0.3, -0.25) is 0 Å². The highest BCUT2D eigenvalue weighted by Crippen LogP contribution is 2.23. The molecule has 2 heterocycles. The molecule has 1 aromatic carbocycles. The van der Waals surface area contributed by atoms with Gasteiger partial charge in [0.25, 0.3) is 0 Å². The monoisotopic (exact) mass is 299 g/mol. The summed E-state index contributed by atoms with van der Waals surface area (Å²) in [5, 5.41) is 3.43. The van der Waals surface area contributed by atoms with Gasteiger partial charge >= 0.3 is 0 Å². The Balaban J connectivity index is 1.90. The zero-order chi connectivity index (χ0) is 15.5. The quantitative estimate of drug-likeness (QED) is 0.860. The maximum atomic E-state index is 5.81. The molecule has 0 saturated heterocycles. The van der Waals surface area contributed by atoms with Gasteiger partial charge in [-0.1, -0.05) is 18.2 Å². The van der Waals surface area contributed by atoms with Gasteiger partial charge in [-0.2, -0.15) is 15.0 Å². The number of rotatable bonds is 3. The molecule has 3 N–H and O–H groups in total. The van der Waals surface area contributed by atoms with Crippen molar-refractivity contribution in [1.82, 2.24) is 20.3 Å². The number of para-hydroxylation sites is 1. The molecule has 0 radical (unpaired) electrons. The minimum absolute atomic E-state index is 0.259. The molecule has 3 rings (SSSR count). The van der Waals surface area contributed by atoms with Crippen molar-refractivity contribution in [2.75, 3.05) is 42.7 Å². The number of hydrogen-bond donors (Lipinski definition) is 2. The topological polar surface area (TPSA) is 83.2 Å². The summed E-state index contributed by atoms with van der Waals surface area (Å²) in [6.07, 6.45) is 0. The summed E-state index contributed by atoms with van der Waals surface area (Å²) in [6, 6.07) is 8.41. The number of hydrogen-bond acceptors (Lipinski definition) is 7. The Morgan fingerprint density at radius 1 is 1.23 bits per heavy atom. The van der Waals surface area contributed by atoms with E-state index in [1.807, 2.05) is 19.0 Å². The summed E-state index contributed by atoms with van der Waals surface area (Å²) in [4.78, 5) is 17.0. The lowest BCUT2D eigenvalue weighted by Crippen LogP contribution is -2.29. The van der Waals surface area contributed by atoms with Gasteiger partial charge in [-0.05, 0) is 11.6 Å². The van der Waals surface area contributed by atoms with Gasteiger partial charge in [0.1, 0.15) is 0 Å². The number of nitrogens with two attached hydrogens (primary N) is 1. The molecule has 7 heteroatoms. The molecule has 2 aromatic rings. The number of nitrogen functional groups attached to an aromatic ring is 1. The maximum Gasteiger partial charge on any atom is 0.229 e. The number of nitrogens with zero attached hydrogens (tertiary/aromatic N) is 5. The lowest BCUT2D eigenvalue weighted by molar-refractivity contribution is 0.678. The Kier molecular flexibility index (Phi) is 4.06. The number of benzene rings is 1. The summed E-state index contributed by atoms with van der Waals surface area (Å²) < 4.78 is 0. The van der Waals surface area contributed by atoms with Crippen LogP contribution in [0, 0.1) is 0 Å². The molecule has 1 aliphatic heterocycles. The van der Waals surface area contributed by atoms with Crippen LogP contribution in [0.1, 0.15) is 11.4 Å². The third-order valence-electron chi connectivity index (χ3n) is 3.63. The highest BCUT2D eigenvalue weighted by molar-refractivity contribution is 5.54. The summed E-state index contributed by atoms with van der Waals surface area (Å²) in [5.41, 5.74) is 8.32. The third-order valence-corrected chi connectivity index (χ3v) is 3.63. The first-order valence-corrected chi connectivity index (χ1v) is 7.35. The number of nitrogens with one attached hydrogen (secondary N) is 1. The van der Waals surface area contributed by atoms with E-state index in [0.29, 0.717) is 18.3 Å². The zero-order valence-electron chi connectivity index (χ0n) is 13.0. The molecular formula is C15H21N7. The Hall–Kier alpha value is -2.41. The highest BCUT2D eigenvalue weighted by atomic mass is 15.3. The molecule has 1 aliphatic rings. The smallest absolute Gasteiger partial charge is 0.229 e. The molecule has 1 aromatic heterocycles. The van der Waals surface area contributed by atoms with E-state index in [1.54, 1.807) is 0 Å². The minimum atomic E-state index is 0.259. The van der Waals surface area contributed by atoms with Crippen molar-refractivity contribution >= 4 is 17.6 Å². The number of fused-ring (bicyclic) bond motifs is 1. The van der Waals surface area contributed by atoms with Crippen LogP contribution in [0.3, 0.4) is 0 Å². The molecule has 0 fully saturated rings. The van der Waals surface area contributed by atoms with Crippen molar-refractivity contribution in [2.45, 2.75) is 13.1 Å². The van der Waals surface area contributed by atoms with Crippen LogP contribution in [0.25, 0.3) is 0 Å². The van der Waals surface area contributed by atoms with Gasteiger partial charge in [0.2, 0.25) is 11.9 Å². The van der Waals surface area contributed by atoms with E-state index in [-0.39, 0.29) is 5.95 Å². The Morgan fingerprint density at radius 3 is 2.86 bits per heavy atom. The highest BCUT2D eigenvalue weighted by Gasteiger charge is 2.17. The average molecular weight is 299 g/mol. The van der Waals surface area contributed by atoms with E-state index in [4.69, 9.17) is 5.73 Å². The van der Waals surface area contributed by atoms with E-state index in [2.05, 4.69) is 49.4 Å².